The van der Waals surface area contributed by atoms with E-state index in [2.05, 4.69) is 15.3 Å². The van der Waals surface area contributed by atoms with Gasteiger partial charge in [-0.15, -0.1) is 0 Å². The van der Waals surface area contributed by atoms with Crippen LogP contribution in [0, 0.1) is 6.92 Å². The van der Waals surface area contributed by atoms with E-state index in [1.165, 1.54) is 6.20 Å². The third kappa shape index (κ3) is 3.36. The molecule has 4 rings (SSSR count). The Labute approximate surface area is 156 Å². The summed E-state index contributed by atoms with van der Waals surface area (Å²) in [6.07, 6.45) is 1.26. The van der Waals surface area contributed by atoms with Gasteiger partial charge in [0, 0.05) is 29.0 Å². The second-order valence-electron chi connectivity index (χ2n) is 6.52. The van der Waals surface area contributed by atoms with Crippen LogP contribution in [-0.4, -0.2) is 28.8 Å². The highest BCUT2D eigenvalue weighted by Gasteiger charge is 2.20. The fourth-order valence-electron chi connectivity index (χ4n) is 2.86. The first-order valence-electron chi connectivity index (χ1n) is 8.65. The standard InChI is InChI=1S/C20H19N3O4/c1-11(2)27-20(24)15-9-21-19-14(6-4-12(3)22-19)18(15)23-13-5-7-16-17(8-13)26-10-25-16/h4-9,11H,10H2,1-3H3,(H,21,22,23). The lowest BCUT2D eigenvalue weighted by Crippen LogP contribution is -2.14. The molecule has 0 saturated carbocycles. The molecule has 138 valence electrons. The summed E-state index contributed by atoms with van der Waals surface area (Å²) in [5.74, 6) is 0.902. The molecule has 1 aromatic carbocycles. The summed E-state index contributed by atoms with van der Waals surface area (Å²) in [4.78, 5) is 21.4. The third-order valence-corrected chi connectivity index (χ3v) is 4.07. The number of rotatable bonds is 4. The average Bonchev–Trinajstić information content (AvgIpc) is 3.08. The van der Waals surface area contributed by atoms with E-state index in [9.17, 15) is 4.79 Å². The molecule has 0 unspecified atom stereocenters. The highest BCUT2D eigenvalue weighted by molar-refractivity contribution is 6.05. The Bertz CT molecular complexity index is 1030. The Kier molecular flexibility index (Phi) is 4.27. The lowest BCUT2D eigenvalue weighted by Gasteiger charge is -2.15. The van der Waals surface area contributed by atoms with Gasteiger partial charge in [-0.2, -0.15) is 0 Å². The number of ether oxygens (including phenoxy) is 3. The molecule has 0 fully saturated rings. The van der Waals surface area contributed by atoms with Crippen LogP contribution in [0.3, 0.4) is 0 Å². The molecule has 0 bridgehead atoms. The zero-order chi connectivity index (χ0) is 19.0. The maximum atomic E-state index is 12.6. The minimum atomic E-state index is -0.441. The number of hydrogen-bond donors (Lipinski definition) is 1. The molecule has 27 heavy (non-hydrogen) atoms. The summed E-state index contributed by atoms with van der Waals surface area (Å²) in [5.41, 5.74) is 3.10. The normalized spacial score (nSPS) is 12.4. The zero-order valence-electron chi connectivity index (χ0n) is 15.3. The van der Waals surface area contributed by atoms with Gasteiger partial charge in [0.25, 0.3) is 0 Å². The number of nitrogens with zero attached hydrogens (tertiary/aromatic N) is 2. The predicted octanol–water partition coefficient (Wildman–Crippen LogP) is 3.98. The molecular formula is C20H19N3O4. The topological polar surface area (TPSA) is 82.6 Å². The number of benzene rings is 1. The molecule has 3 aromatic rings. The van der Waals surface area contributed by atoms with Crippen molar-refractivity contribution in [2.45, 2.75) is 26.9 Å². The molecule has 0 spiro atoms. The summed E-state index contributed by atoms with van der Waals surface area (Å²) in [5, 5.41) is 4.04. The van der Waals surface area contributed by atoms with Gasteiger partial charge < -0.3 is 19.5 Å². The van der Waals surface area contributed by atoms with Crippen molar-refractivity contribution in [2.75, 3.05) is 12.1 Å². The number of esters is 1. The van der Waals surface area contributed by atoms with E-state index in [0.29, 0.717) is 28.4 Å². The SMILES string of the molecule is Cc1ccc2c(Nc3ccc4c(c3)OCO4)c(C(=O)OC(C)C)cnc2n1. The highest BCUT2D eigenvalue weighted by Crippen LogP contribution is 2.36. The van der Waals surface area contributed by atoms with Crippen molar-refractivity contribution < 1.29 is 19.0 Å². The molecule has 0 aliphatic carbocycles. The fraction of sp³-hybridized carbons (Fsp3) is 0.250. The van der Waals surface area contributed by atoms with Crippen molar-refractivity contribution in [1.82, 2.24) is 9.97 Å². The van der Waals surface area contributed by atoms with Crippen molar-refractivity contribution in [3.05, 3.63) is 47.8 Å². The van der Waals surface area contributed by atoms with Crippen LogP contribution in [0.4, 0.5) is 11.4 Å². The quantitative estimate of drug-likeness (QED) is 0.700. The Morgan fingerprint density at radius 3 is 2.81 bits per heavy atom. The first-order valence-corrected chi connectivity index (χ1v) is 8.65. The van der Waals surface area contributed by atoms with Gasteiger partial charge in [-0.1, -0.05) is 0 Å². The fourth-order valence-corrected chi connectivity index (χ4v) is 2.86. The number of fused-ring (bicyclic) bond motifs is 2. The van der Waals surface area contributed by atoms with Gasteiger partial charge >= 0.3 is 5.97 Å². The first-order chi connectivity index (χ1) is 13.0. The Morgan fingerprint density at radius 1 is 1.19 bits per heavy atom. The van der Waals surface area contributed by atoms with E-state index >= 15 is 0 Å². The summed E-state index contributed by atoms with van der Waals surface area (Å²) >= 11 is 0. The maximum Gasteiger partial charge on any atom is 0.342 e. The first kappa shape index (κ1) is 17.1. The minimum absolute atomic E-state index is 0.201. The second-order valence-corrected chi connectivity index (χ2v) is 6.52. The van der Waals surface area contributed by atoms with E-state index < -0.39 is 5.97 Å². The molecule has 0 amide bonds. The number of aromatic nitrogens is 2. The van der Waals surface area contributed by atoms with Crippen LogP contribution >= 0.6 is 0 Å². The zero-order valence-corrected chi connectivity index (χ0v) is 15.3. The minimum Gasteiger partial charge on any atom is -0.459 e. The van der Waals surface area contributed by atoms with Gasteiger partial charge in [0.15, 0.2) is 17.1 Å². The highest BCUT2D eigenvalue weighted by atomic mass is 16.7. The number of pyridine rings is 2. The van der Waals surface area contributed by atoms with E-state index in [1.54, 1.807) is 0 Å². The summed E-state index contributed by atoms with van der Waals surface area (Å²) in [7, 11) is 0. The third-order valence-electron chi connectivity index (χ3n) is 4.07. The second kappa shape index (κ2) is 6.75. The van der Waals surface area contributed by atoms with Crippen molar-refractivity contribution >= 4 is 28.4 Å². The predicted molar refractivity (Wildman–Crippen MR) is 101 cm³/mol. The molecule has 0 atom stereocenters. The van der Waals surface area contributed by atoms with E-state index in [-0.39, 0.29) is 12.9 Å². The summed E-state index contributed by atoms with van der Waals surface area (Å²) in [6.45, 7) is 5.71. The molecule has 7 nitrogen and oxygen atoms in total. The van der Waals surface area contributed by atoms with Crippen LogP contribution < -0.4 is 14.8 Å². The van der Waals surface area contributed by atoms with Gasteiger partial charge in [0.1, 0.15) is 5.56 Å². The number of aryl methyl sites for hydroxylation is 1. The van der Waals surface area contributed by atoms with Gasteiger partial charge in [-0.05, 0) is 45.0 Å². The van der Waals surface area contributed by atoms with Gasteiger partial charge in [-0.25, -0.2) is 14.8 Å². The molecular weight excluding hydrogens is 346 g/mol. The van der Waals surface area contributed by atoms with Crippen LogP contribution in [0.15, 0.2) is 36.5 Å². The number of anilines is 2. The van der Waals surface area contributed by atoms with Gasteiger partial charge in [-0.3, -0.25) is 0 Å². The van der Waals surface area contributed by atoms with Crippen LogP contribution in [0.5, 0.6) is 11.5 Å². The van der Waals surface area contributed by atoms with Crippen molar-refractivity contribution in [3.8, 4) is 11.5 Å². The van der Waals surface area contributed by atoms with Gasteiger partial charge in [0.2, 0.25) is 6.79 Å². The molecule has 1 aliphatic heterocycles. The molecule has 2 aromatic heterocycles. The molecule has 1 N–H and O–H groups in total. The number of carbonyl (C=O) groups is 1. The van der Waals surface area contributed by atoms with E-state index in [4.69, 9.17) is 14.2 Å². The average molecular weight is 365 g/mol. The van der Waals surface area contributed by atoms with E-state index in [0.717, 1.165) is 16.8 Å². The van der Waals surface area contributed by atoms with Crippen LogP contribution in [0.1, 0.15) is 29.9 Å². The smallest absolute Gasteiger partial charge is 0.342 e. The number of nitrogens with one attached hydrogen (secondary N) is 1. The molecule has 7 heteroatoms. The lowest BCUT2D eigenvalue weighted by atomic mass is 10.1. The Morgan fingerprint density at radius 2 is 2.00 bits per heavy atom. The lowest BCUT2D eigenvalue weighted by molar-refractivity contribution is 0.0379. The monoisotopic (exact) mass is 365 g/mol. The molecule has 0 saturated heterocycles. The largest absolute Gasteiger partial charge is 0.459 e. The Hall–Kier alpha value is -3.35. The molecule has 1 aliphatic rings. The number of hydrogen-bond acceptors (Lipinski definition) is 7. The molecule has 0 radical (unpaired) electrons. The maximum absolute atomic E-state index is 12.6. The summed E-state index contributed by atoms with van der Waals surface area (Å²) in [6, 6.07) is 9.29. The Balaban J connectivity index is 1.81. The van der Waals surface area contributed by atoms with Crippen molar-refractivity contribution in [3.63, 3.8) is 0 Å². The van der Waals surface area contributed by atoms with Crippen LogP contribution in [0.2, 0.25) is 0 Å². The van der Waals surface area contributed by atoms with Crippen LogP contribution in [-0.2, 0) is 4.74 Å². The van der Waals surface area contributed by atoms with Gasteiger partial charge in [0.05, 0.1) is 11.8 Å². The van der Waals surface area contributed by atoms with E-state index in [1.807, 2.05) is 51.1 Å². The summed E-state index contributed by atoms with van der Waals surface area (Å²) < 4.78 is 16.2. The van der Waals surface area contributed by atoms with Crippen molar-refractivity contribution in [1.29, 1.82) is 0 Å². The number of carbonyl (C=O) groups excluding carboxylic acids is 1. The van der Waals surface area contributed by atoms with Crippen molar-refractivity contribution in [2.24, 2.45) is 0 Å². The molecule has 3 heterocycles. The van der Waals surface area contributed by atoms with Crippen LogP contribution in [0.25, 0.3) is 11.0 Å².